The molecule has 0 saturated carbocycles. The molecular formula is C21H24N4O3S. The van der Waals surface area contributed by atoms with Gasteiger partial charge in [-0.25, -0.2) is 13.4 Å². The van der Waals surface area contributed by atoms with Gasteiger partial charge in [0.25, 0.3) is 0 Å². The van der Waals surface area contributed by atoms with Crippen LogP contribution in [0.15, 0.2) is 59.5 Å². The highest BCUT2D eigenvalue weighted by Gasteiger charge is 2.33. The molecule has 152 valence electrons. The number of carbonyl (C=O) groups is 1. The summed E-state index contributed by atoms with van der Waals surface area (Å²) in [6.07, 6.45) is 1.30. The summed E-state index contributed by atoms with van der Waals surface area (Å²) in [5.74, 6) is -0.0999. The summed E-state index contributed by atoms with van der Waals surface area (Å²) in [5.41, 5.74) is 1.78. The normalized spacial score (nSPS) is 18.0. The van der Waals surface area contributed by atoms with E-state index in [0.717, 1.165) is 11.0 Å². The lowest BCUT2D eigenvalue weighted by Crippen LogP contribution is -2.43. The zero-order valence-electron chi connectivity index (χ0n) is 16.3. The first-order chi connectivity index (χ1) is 14.0. The monoisotopic (exact) mass is 412 g/mol. The standard InChI is InChI=1S/C21H24N4O3S/c1-2-25-19-13-7-6-12-18(19)22-21(25)23-20(26)16-9-8-14-24(15-16)29(27,28)17-10-4-3-5-11-17/h3-7,10-13,16H,2,8-9,14-15H2,1H3,(H,22,23,26)/t16-/m1/s1. The number of benzene rings is 2. The molecular weight excluding hydrogens is 388 g/mol. The van der Waals surface area contributed by atoms with Crippen molar-refractivity contribution in [2.45, 2.75) is 31.2 Å². The number of imidazole rings is 1. The van der Waals surface area contributed by atoms with E-state index in [-0.39, 0.29) is 17.3 Å². The van der Waals surface area contributed by atoms with Crippen LogP contribution < -0.4 is 5.32 Å². The van der Waals surface area contributed by atoms with E-state index in [0.29, 0.717) is 31.9 Å². The third-order valence-electron chi connectivity index (χ3n) is 5.34. The van der Waals surface area contributed by atoms with E-state index in [2.05, 4.69) is 10.3 Å². The summed E-state index contributed by atoms with van der Waals surface area (Å²) in [6, 6.07) is 16.1. The van der Waals surface area contributed by atoms with E-state index in [1.165, 1.54) is 4.31 Å². The third-order valence-corrected chi connectivity index (χ3v) is 7.22. The maximum absolute atomic E-state index is 12.9. The number of rotatable bonds is 5. The fourth-order valence-electron chi connectivity index (χ4n) is 3.82. The number of aryl methyl sites for hydroxylation is 1. The van der Waals surface area contributed by atoms with Crippen LogP contribution in [-0.4, -0.2) is 41.3 Å². The van der Waals surface area contributed by atoms with Crippen LogP contribution in [0.2, 0.25) is 0 Å². The van der Waals surface area contributed by atoms with Crippen LogP contribution in [0, 0.1) is 5.92 Å². The minimum Gasteiger partial charge on any atom is -0.310 e. The largest absolute Gasteiger partial charge is 0.310 e. The SMILES string of the molecule is CCn1c(NC(=O)[C@@H]2CCCN(S(=O)(=O)c3ccccc3)C2)nc2ccccc21. The molecule has 1 amide bonds. The second-order valence-corrected chi connectivity index (χ2v) is 9.11. The summed E-state index contributed by atoms with van der Waals surface area (Å²) < 4.78 is 29.2. The maximum Gasteiger partial charge on any atom is 0.243 e. The van der Waals surface area contributed by atoms with Crippen LogP contribution >= 0.6 is 0 Å². The van der Waals surface area contributed by atoms with Crippen molar-refractivity contribution >= 4 is 32.9 Å². The number of amides is 1. The zero-order chi connectivity index (χ0) is 20.4. The molecule has 3 aromatic rings. The Bertz CT molecular complexity index is 1130. The van der Waals surface area contributed by atoms with Gasteiger partial charge in [0.1, 0.15) is 0 Å². The highest BCUT2D eigenvalue weighted by molar-refractivity contribution is 7.89. The zero-order valence-corrected chi connectivity index (χ0v) is 17.1. The van der Waals surface area contributed by atoms with Crippen molar-refractivity contribution < 1.29 is 13.2 Å². The Kier molecular flexibility index (Phi) is 5.38. The van der Waals surface area contributed by atoms with Gasteiger partial charge in [0, 0.05) is 19.6 Å². The van der Waals surface area contributed by atoms with Crippen LogP contribution in [0.1, 0.15) is 19.8 Å². The summed E-state index contributed by atoms with van der Waals surface area (Å²) >= 11 is 0. The highest BCUT2D eigenvalue weighted by Crippen LogP contribution is 2.25. The van der Waals surface area contributed by atoms with Crippen molar-refractivity contribution in [1.29, 1.82) is 0 Å². The van der Waals surface area contributed by atoms with E-state index >= 15 is 0 Å². The molecule has 1 aromatic heterocycles. The molecule has 0 bridgehead atoms. The third kappa shape index (κ3) is 3.77. The van der Waals surface area contributed by atoms with E-state index in [1.54, 1.807) is 30.3 Å². The smallest absolute Gasteiger partial charge is 0.243 e. The molecule has 1 aliphatic heterocycles. The Morgan fingerprint density at radius 3 is 2.62 bits per heavy atom. The second-order valence-electron chi connectivity index (χ2n) is 7.17. The van der Waals surface area contributed by atoms with Crippen molar-refractivity contribution in [3.8, 4) is 0 Å². The molecule has 1 N–H and O–H groups in total. The van der Waals surface area contributed by atoms with Gasteiger partial charge >= 0.3 is 0 Å². The summed E-state index contributed by atoms with van der Waals surface area (Å²) in [6.45, 7) is 3.28. The van der Waals surface area contributed by atoms with Crippen LogP contribution in [0.25, 0.3) is 11.0 Å². The molecule has 0 unspecified atom stereocenters. The summed E-state index contributed by atoms with van der Waals surface area (Å²) in [4.78, 5) is 17.7. The average Bonchev–Trinajstić information content (AvgIpc) is 3.11. The summed E-state index contributed by atoms with van der Waals surface area (Å²) in [7, 11) is -3.60. The number of aromatic nitrogens is 2. The number of carbonyl (C=O) groups excluding carboxylic acids is 1. The van der Waals surface area contributed by atoms with E-state index < -0.39 is 15.9 Å². The van der Waals surface area contributed by atoms with Gasteiger partial charge in [0.15, 0.2) is 0 Å². The Labute approximate surface area is 170 Å². The maximum atomic E-state index is 12.9. The lowest BCUT2D eigenvalue weighted by Gasteiger charge is -2.31. The molecule has 4 rings (SSSR count). The number of para-hydroxylation sites is 2. The molecule has 0 spiro atoms. The molecule has 1 fully saturated rings. The van der Waals surface area contributed by atoms with Crippen molar-refractivity contribution in [1.82, 2.24) is 13.9 Å². The molecule has 1 saturated heterocycles. The Balaban J connectivity index is 1.53. The average molecular weight is 413 g/mol. The van der Waals surface area contributed by atoms with Gasteiger partial charge in [0.05, 0.1) is 21.8 Å². The van der Waals surface area contributed by atoms with Crippen LogP contribution in [0.4, 0.5) is 5.95 Å². The molecule has 2 aromatic carbocycles. The molecule has 0 radical (unpaired) electrons. The van der Waals surface area contributed by atoms with Gasteiger partial charge in [-0.15, -0.1) is 0 Å². The van der Waals surface area contributed by atoms with E-state index in [4.69, 9.17) is 0 Å². The number of nitrogens with zero attached hydrogens (tertiary/aromatic N) is 3. The molecule has 8 heteroatoms. The Morgan fingerprint density at radius 1 is 1.14 bits per heavy atom. The van der Waals surface area contributed by atoms with Crippen molar-refractivity contribution in [3.63, 3.8) is 0 Å². The first kappa shape index (κ1) is 19.6. The minimum absolute atomic E-state index is 0.176. The minimum atomic E-state index is -3.60. The van der Waals surface area contributed by atoms with Gasteiger partial charge in [-0.2, -0.15) is 4.31 Å². The quantitative estimate of drug-likeness (QED) is 0.698. The van der Waals surface area contributed by atoms with Crippen LogP contribution in [-0.2, 0) is 21.4 Å². The van der Waals surface area contributed by atoms with Gasteiger partial charge in [-0.05, 0) is 44.0 Å². The fraction of sp³-hybridized carbons (Fsp3) is 0.333. The van der Waals surface area contributed by atoms with Crippen LogP contribution in [0.3, 0.4) is 0 Å². The first-order valence-electron chi connectivity index (χ1n) is 9.82. The topological polar surface area (TPSA) is 84.3 Å². The van der Waals surface area contributed by atoms with Gasteiger partial charge in [-0.1, -0.05) is 30.3 Å². The van der Waals surface area contributed by atoms with Gasteiger partial charge in [-0.3, -0.25) is 10.1 Å². The lowest BCUT2D eigenvalue weighted by atomic mass is 9.99. The van der Waals surface area contributed by atoms with Crippen molar-refractivity contribution in [3.05, 3.63) is 54.6 Å². The van der Waals surface area contributed by atoms with Crippen molar-refractivity contribution in [2.75, 3.05) is 18.4 Å². The van der Waals surface area contributed by atoms with E-state index in [1.807, 2.05) is 35.8 Å². The number of sulfonamides is 1. The number of fused-ring (bicyclic) bond motifs is 1. The summed E-state index contributed by atoms with van der Waals surface area (Å²) in [5, 5.41) is 2.92. The highest BCUT2D eigenvalue weighted by atomic mass is 32.2. The Hall–Kier alpha value is -2.71. The number of hydrogen-bond donors (Lipinski definition) is 1. The number of hydrogen-bond acceptors (Lipinski definition) is 4. The lowest BCUT2D eigenvalue weighted by molar-refractivity contribution is -0.120. The van der Waals surface area contributed by atoms with Gasteiger partial charge in [0.2, 0.25) is 21.9 Å². The number of anilines is 1. The van der Waals surface area contributed by atoms with Crippen molar-refractivity contribution in [2.24, 2.45) is 5.92 Å². The molecule has 2 heterocycles. The second kappa shape index (κ2) is 7.96. The van der Waals surface area contributed by atoms with E-state index in [9.17, 15) is 13.2 Å². The van der Waals surface area contributed by atoms with Gasteiger partial charge < -0.3 is 4.57 Å². The number of piperidine rings is 1. The molecule has 0 aliphatic carbocycles. The van der Waals surface area contributed by atoms with Crippen LogP contribution in [0.5, 0.6) is 0 Å². The molecule has 7 nitrogen and oxygen atoms in total. The fourth-order valence-corrected chi connectivity index (χ4v) is 5.36. The predicted molar refractivity (Wildman–Crippen MR) is 112 cm³/mol. The Morgan fingerprint density at radius 2 is 1.86 bits per heavy atom. The number of nitrogens with one attached hydrogen (secondary N) is 1. The predicted octanol–water partition coefficient (Wildman–Crippen LogP) is 3.10. The molecule has 1 aliphatic rings. The first-order valence-corrected chi connectivity index (χ1v) is 11.3. The molecule has 29 heavy (non-hydrogen) atoms. The molecule has 1 atom stereocenters.